The molecule has 1 aromatic heterocycles. The average molecular weight is 318 g/mol. The van der Waals surface area contributed by atoms with Crippen LogP contribution in [0.1, 0.15) is 24.4 Å². The van der Waals surface area contributed by atoms with Crippen LogP contribution in [-0.2, 0) is 14.6 Å². The number of nitrogens with one attached hydrogen (secondary N) is 2. The quantitative estimate of drug-likeness (QED) is 0.692. The number of urea groups is 1. The Bertz CT molecular complexity index is 662. The van der Waals surface area contributed by atoms with Crippen LogP contribution in [0.15, 0.2) is 21.6 Å². The number of hydrogen-bond acceptors (Lipinski definition) is 6. The molecule has 0 aliphatic rings. The molecule has 3 amide bonds. The van der Waals surface area contributed by atoms with E-state index >= 15 is 0 Å². The molecular formula is C11H14N2O7S. The summed E-state index contributed by atoms with van der Waals surface area (Å²) < 4.78 is 28.8. The number of amides is 3. The predicted molar refractivity (Wildman–Crippen MR) is 69.5 cm³/mol. The third kappa shape index (κ3) is 3.81. The molecule has 1 atom stereocenters. The van der Waals surface area contributed by atoms with Gasteiger partial charge in [-0.1, -0.05) is 0 Å². The van der Waals surface area contributed by atoms with E-state index < -0.39 is 43.8 Å². The van der Waals surface area contributed by atoms with Crippen LogP contribution < -0.4 is 10.6 Å². The van der Waals surface area contributed by atoms with Crippen LogP contribution in [0.5, 0.6) is 0 Å². The molecule has 0 radical (unpaired) electrons. The van der Waals surface area contributed by atoms with E-state index in [2.05, 4.69) is 9.73 Å². The molecule has 0 saturated carbocycles. The van der Waals surface area contributed by atoms with Gasteiger partial charge in [-0.3, -0.25) is 10.1 Å². The third-order valence-corrected chi connectivity index (χ3v) is 4.41. The number of carboxylic acids is 1. The topological polar surface area (TPSA) is 143 Å². The highest BCUT2D eigenvalue weighted by atomic mass is 32.2. The van der Waals surface area contributed by atoms with E-state index in [1.807, 2.05) is 5.32 Å². The minimum atomic E-state index is -4.23. The summed E-state index contributed by atoms with van der Waals surface area (Å²) in [6.45, 7) is 2.95. The molecule has 1 rings (SSSR count). The van der Waals surface area contributed by atoms with Gasteiger partial charge in [0.25, 0.3) is 0 Å². The molecule has 1 heterocycles. The van der Waals surface area contributed by atoms with Crippen molar-refractivity contribution in [2.75, 3.05) is 6.54 Å². The van der Waals surface area contributed by atoms with E-state index in [0.29, 0.717) is 0 Å². The summed E-state index contributed by atoms with van der Waals surface area (Å²) >= 11 is 0. The van der Waals surface area contributed by atoms with Gasteiger partial charge in [-0.15, -0.1) is 0 Å². The lowest BCUT2D eigenvalue weighted by atomic mass is 10.4. The molecule has 3 N–H and O–H groups in total. The number of imide groups is 1. The second-order valence-electron chi connectivity index (χ2n) is 3.96. The number of sulfone groups is 1. The van der Waals surface area contributed by atoms with E-state index in [0.717, 1.165) is 19.1 Å². The number of carbonyl (C=O) groups is 3. The number of hydrogen-bond donors (Lipinski definition) is 3. The molecule has 0 aromatic carbocycles. The summed E-state index contributed by atoms with van der Waals surface area (Å²) in [5.41, 5.74) is 0. The molecule has 0 saturated heterocycles. The van der Waals surface area contributed by atoms with Crippen molar-refractivity contribution in [3.8, 4) is 0 Å². The SMILES string of the molecule is CCNC(=O)NC(=O)C(C)S(=O)(=O)c1ccc(C(=O)O)o1. The molecule has 10 heteroatoms. The number of aromatic carboxylic acids is 1. The smallest absolute Gasteiger partial charge is 0.371 e. The Balaban J connectivity index is 2.92. The highest BCUT2D eigenvalue weighted by Gasteiger charge is 2.33. The maximum absolute atomic E-state index is 12.1. The standard InChI is InChI=1S/C11H14N2O7S/c1-3-12-11(17)13-9(14)6(2)21(18,19)8-5-4-7(20-8)10(15)16/h4-6H,3H2,1-2H3,(H,15,16)(H2,12,13,14,17). The summed E-state index contributed by atoms with van der Waals surface area (Å²) in [5, 5.41) is 10.5. The van der Waals surface area contributed by atoms with Crippen molar-refractivity contribution in [2.45, 2.75) is 24.2 Å². The van der Waals surface area contributed by atoms with Crippen molar-refractivity contribution in [3.05, 3.63) is 17.9 Å². The first-order valence-corrected chi connectivity index (χ1v) is 7.40. The van der Waals surface area contributed by atoms with Gasteiger partial charge in [0.05, 0.1) is 0 Å². The summed E-state index contributed by atoms with van der Waals surface area (Å²) in [6, 6.07) is 1.08. The van der Waals surface area contributed by atoms with Crippen LogP contribution in [0.4, 0.5) is 4.79 Å². The fourth-order valence-electron chi connectivity index (χ4n) is 1.32. The van der Waals surface area contributed by atoms with E-state index in [-0.39, 0.29) is 6.54 Å². The Morgan fingerprint density at radius 2 is 1.95 bits per heavy atom. The maximum atomic E-state index is 12.1. The number of carboxylic acid groups (broad SMARTS) is 1. The first-order chi connectivity index (χ1) is 9.70. The molecule has 0 aliphatic heterocycles. The minimum absolute atomic E-state index is 0.264. The number of furan rings is 1. The third-order valence-electron chi connectivity index (χ3n) is 2.48. The van der Waals surface area contributed by atoms with E-state index in [1.54, 1.807) is 6.92 Å². The summed E-state index contributed by atoms with van der Waals surface area (Å²) in [4.78, 5) is 33.5. The van der Waals surface area contributed by atoms with Gasteiger partial charge in [-0.2, -0.15) is 0 Å². The molecule has 0 spiro atoms. The lowest BCUT2D eigenvalue weighted by Gasteiger charge is -2.11. The molecule has 9 nitrogen and oxygen atoms in total. The van der Waals surface area contributed by atoms with Crippen molar-refractivity contribution < 1.29 is 32.3 Å². The van der Waals surface area contributed by atoms with E-state index in [4.69, 9.17) is 5.11 Å². The largest absolute Gasteiger partial charge is 0.475 e. The van der Waals surface area contributed by atoms with Gasteiger partial charge in [0.15, 0.2) is 0 Å². The predicted octanol–water partition coefficient (Wildman–Crippen LogP) is -0.0143. The molecule has 0 fully saturated rings. The zero-order chi connectivity index (χ0) is 16.2. The Hall–Kier alpha value is -2.36. The zero-order valence-corrected chi connectivity index (χ0v) is 12.1. The average Bonchev–Trinajstić information content (AvgIpc) is 2.88. The monoisotopic (exact) mass is 318 g/mol. The van der Waals surface area contributed by atoms with Gasteiger partial charge in [-0.25, -0.2) is 18.0 Å². The highest BCUT2D eigenvalue weighted by molar-refractivity contribution is 7.92. The molecule has 21 heavy (non-hydrogen) atoms. The first kappa shape index (κ1) is 16.7. The van der Waals surface area contributed by atoms with Crippen LogP contribution >= 0.6 is 0 Å². The van der Waals surface area contributed by atoms with Crippen LogP contribution in [0.25, 0.3) is 0 Å². The lowest BCUT2D eigenvalue weighted by molar-refractivity contribution is -0.119. The Labute approximate surface area is 120 Å². The minimum Gasteiger partial charge on any atom is -0.475 e. The van der Waals surface area contributed by atoms with Gasteiger partial charge < -0.3 is 14.8 Å². The van der Waals surface area contributed by atoms with E-state index in [9.17, 15) is 22.8 Å². The zero-order valence-electron chi connectivity index (χ0n) is 11.2. The summed E-state index contributed by atoms with van der Waals surface area (Å²) in [5.74, 6) is -3.05. The summed E-state index contributed by atoms with van der Waals surface area (Å²) in [6.07, 6.45) is 0. The molecule has 0 bridgehead atoms. The van der Waals surface area contributed by atoms with Crippen LogP contribution in [0.3, 0.4) is 0 Å². The van der Waals surface area contributed by atoms with Crippen molar-refractivity contribution >= 4 is 27.7 Å². The van der Waals surface area contributed by atoms with Crippen molar-refractivity contribution in [1.82, 2.24) is 10.6 Å². The first-order valence-electron chi connectivity index (χ1n) is 5.85. The fraction of sp³-hybridized carbons (Fsp3) is 0.364. The lowest BCUT2D eigenvalue weighted by Crippen LogP contribution is -2.45. The van der Waals surface area contributed by atoms with Crippen molar-refractivity contribution in [2.24, 2.45) is 0 Å². The van der Waals surface area contributed by atoms with Gasteiger partial charge in [0.2, 0.25) is 26.6 Å². The second-order valence-corrected chi connectivity index (χ2v) is 6.16. The summed E-state index contributed by atoms with van der Waals surface area (Å²) in [7, 11) is -4.23. The van der Waals surface area contributed by atoms with Gasteiger partial charge in [0.1, 0.15) is 5.25 Å². The molecule has 0 aliphatic carbocycles. The van der Waals surface area contributed by atoms with Crippen LogP contribution in [-0.4, -0.2) is 43.2 Å². The molecule has 1 aromatic rings. The van der Waals surface area contributed by atoms with Gasteiger partial charge in [0, 0.05) is 6.54 Å². The fourth-order valence-corrected chi connectivity index (χ4v) is 2.47. The maximum Gasteiger partial charge on any atom is 0.371 e. The van der Waals surface area contributed by atoms with Crippen LogP contribution in [0.2, 0.25) is 0 Å². The van der Waals surface area contributed by atoms with Crippen molar-refractivity contribution in [3.63, 3.8) is 0 Å². The second kappa shape index (κ2) is 6.39. The highest BCUT2D eigenvalue weighted by Crippen LogP contribution is 2.19. The van der Waals surface area contributed by atoms with Gasteiger partial charge >= 0.3 is 12.0 Å². The normalized spacial score (nSPS) is 12.5. The van der Waals surface area contributed by atoms with Crippen molar-refractivity contribution in [1.29, 1.82) is 0 Å². The molecule has 1 unspecified atom stereocenters. The molecule has 116 valence electrons. The number of carbonyl (C=O) groups excluding carboxylic acids is 2. The van der Waals surface area contributed by atoms with Crippen LogP contribution in [0, 0.1) is 0 Å². The van der Waals surface area contributed by atoms with Gasteiger partial charge in [-0.05, 0) is 26.0 Å². The Morgan fingerprint density at radius 3 is 2.43 bits per heavy atom. The number of rotatable bonds is 5. The Kier molecular flexibility index (Phi) is 5.08. The molecular weight excluding hydrogens is 304 g/mol. The van der Waals surface area contributed by atoms with E-state index in [1.165, 1.54) is 0 Å². The Morgan fingerprint density at radius 1 is 1.33 bits per heavy atom.